The van der Waals surface area contributed by atoms with Crippen molar-refractivity contribution in [3.8, 4) is 12.3 Å². The number of aliphatic hydroxyl groups is 1. The molecular formula is C10H16O4. The molecule has 0 aromatic carbocycles. The SMILES string of the molecule is C#CC(C)(OC(O)C(C)C)C(=O)OC. The molecule has 0 aliphatic heterocycles. The van der Waals surface area contributed by atoms with Crippen LogP contribution in [-0.4, -0.2) is 30.1 Å². The smallest absolute Gasteiger partial charge is 0.350 e. The molecule has 0 saturated heterocycles. The third-order valence-electron chi connectivity index (χ3n) is 1.78. The molecule has 0 spiro atoms. The quantitative estimate of drug-likeness (QED) is 0.409. The standard InChI is InChI=1S/C10H16O4/c1-6-10(4,9(12)13-5)14-8(11)7(2)3/h1,7-8,11H,2-5H3. The van der Waals surface area contributed by atoms with E-state index in [1.165, 1.54) is 14.0 Å². The molecule has 0 amide bonds. The van der Waals surface area contributed by atoms with E-state index in [4.69, 9.17) is 11.2 Å². The Balaban J connectivity index is 4.58. The van der Waals surface area contributed by atoms with Gasteiger partial charge in [0.25, 0.3) is 0 Å². The second-order valence-corrected chi connectivity index (χ2v) is 3.42. The van der Waals surface area contributed by atoms with Gasteiger partial charge in [-0.15, -0.1) is 6.42 Å². The van der Waals surface area contributed by atoms with Crippen molar-refractivity contribution in [2.24, 2.45) is 5.92 Å². The first-order valence-corrected chi connectivity index (χ1v) is 4.29. The van der Waals surface area contributed by atoms with Crippen molar-refractivity contribution < 1.29 is 19.4 Å². The van der Waals surface area contributed by atoms with Gasteiger partial charge in [-0.1, -0.05) is 19.8 Å². The molecule has 4 heteroatoms. The molecule has 0 bridgehead atoms. The Morgan fingerprint density at radius 2 is 2.07 bits per heavy atom. The van der Waals surface area contributed by atoms with E-state index in [-0.39, 0.29) is 5.92 Å². The van der Waals surface area contributed by atoms with Gasteiger partial charge >= 0.3 is 5.97 Å². The summed E-state index contributed by atoms with van der Waals surface area (Å²) in [5.74, 6) is 1.32. The van der Waals surface area contributed by atoms with Gasteiger partial charge in [-0.05, 0) is 6.92 Å². The molecule has 4 nitrogen and oxygen atoms in total. The van der Waals surface area contributed by atoms with E-state index < -0.39 is 17.9 Å². The molecule has 0 aliphatic carbocycles. The average molecular weight is 200 g/mol. The molecule has 0 heterocycles. The molecule has 1 N–H and O–H groups in total. The maximum Gasteiger partial charge on any atom is 0.350 e. The fourth-order valence-corrected chi connectivity index (χ4v) is 0.713. The summed E-state index contributed by atoms with van der Waals surface area (Å²) in [6.45, 7) is 4.88. The van der Waals surface area contributed by atoms with E-state index in [0.717, 1.165) is 0 Å². The molecule has 0 aromatic rings. The zero-order valence-electron chi connectivity index (χ0n) is 8.90. The molecule has 0 rings (SSSR count). The summed E-state index contributed by atoms with van der Waals surface area (Å²) >= 11 is 0. The monoisotopic (exact) mass is 200 g/mol. The van der Waals surface area contributed by atoms with Gasteiger partial charge in [0, 0.05) is 5.92 Å². The lowest BCUT2D eigenvalue weighted by Gasteiger charge is -2.26. The van der Waals surface area contributed by atoms with E-state index in [1.807, 2.05) is 0 Å². The molecule has 0 aliphatic rings. The fraction of sp³-hybridized carbons (Fsp3) is 0.700. The number of carbonyl (C=O) groups excluding carboxylic acids is 1. The van der Waals surface area contributed by atoms with Crippen LogP contribution in [0.1, 0.15) is 20.8 Å². The largest absolute Gasteiger partial charge is 0.466 e. The molecule has 0 aromatic heterocycles. The Morgan fingerprint density at radius 1 is 1.57 bits per heavy atom. The van der Waals surface area contributed by atoms with Crippen LogP contribution in [0, 0.1) is 18.3 Å². The second-order valence-electron chi connectivity index (χ2n) is 3.42. The predicted octanol–water partition coefficient (Wildman–Crippen LogP) is 0.542. The van der Waals surface area contributed by atoms with Crippen LogP contribution in [0.2, 0.25) is 0 Å². The minimum Gasteiger partial charge on any atom is -0.466 e. The summed E-state index contributed by atoms with van der Waals surface area (Å²) < 4.78 is 9.52. The van der Waals surface area contributed by atoms with E-state index in [2.05, 4.69) is 10.7 Å². The first-order valence-electron chi connectivity index (χ1n) is 4.29. The normalized spacial score (nSPS) is 16.9. The van der Waals surface area contributed by atoms with Gasteiger partial charge in [-0.2, -0.15) is 0 Å². The number of hydrogen-bond acceptors (Lipinski definition) is 4. The zero-order chi connectivity index (χ0) is 11.4. The summed E-state index contributed by atoms with van der Waals surface area (Å²) in [6, 6.07) is 0. The van der Waals surface area contributed by atoms with Gasteiger partial charge in [0.1, 0.15) is 0 Å². The third kappa shape index (κ3) is 3.02. The van der Waals surface area contributed by atoms with Crippen molar-refractivity contribution in [2.75, 3.05) is 7.11 Å². The predicted molar refractivity (Wildman–Crippen MR) is 51.2 cm³/mol. The Labute approximate surface area is 84.2 Å². The minimum absolute atomic E-state index is 0.146. The number of ether oxygens (including phenoxy) is 2. The number of rotatable bonds is 4. The van der Waals surface area contributed by atoms with Gasteiger partial charge in [-0.3, -0.25) is 0 Å². The maximum absolute atomic E-state index is 11.2. The van der Waals surface area contributed by atoms with Crippen molar-refractivity contribution in [1.82, 2.24) is 0 Å². The Hall–Kier alpha value is -1.05. The van der Waals surface area contributed by atoms with Gasteiger partial charge in [0.2, 0.25) is 5.60 Å². The van der Waals surface area contributed by atoms with Crippen LogP contribution >= 0.6 is 0 Å². The van der Waals surface area contributed by atoms with Crippen molar-refractivity contribution in [3.63, 3.8) is 0 Å². The molecule has 0 saturated carbocycles. The highest BCUT2D eigenvalue weighted by Gasteiger charge is 2.36. The molecule has 2 atom stereocenters. The molecule has 14 heavy (non-hydrogen) atoms. The van der Waals surface area contributed by atoms with Gasteiger partial charge in [-0.25, -0.2) is 4.79 Å². The van der Waals surface area contributed by atoms with E-state index in [9.17, 15) is 9.90 Å². The summed E-state index contributed by atoms with van der Waals surface area (Å²) in [5, 5.41) is 9.41. The molecule has 0 radical (unpaired) electrons. The van der Waals surface area contributed by atoms with Crippen molar-refractivity contribution in [1.29, 1.82) is 0 Å². The van der Waals surface area contributed by atoms with Gasteiger partial charge < -0.3 is 14.6 Å². The summed E-state index contributed by atoms with van der Waals surface area (Å²) in [6.07, 6.45) is 4.06. The second kappa shape index (κ2) is 4.99. The molecular weight excluding hydrogens is 184 g/mol. The number of esters is 1. The van der Waals surface area contributed by atoms with Crippen molar-refractivity contribution in [3.05, 3.63) is 0 Å². The molecule has 80 valence electrons. The topological polar surface area (TPSA) is 55.8 Å². The van der Waals surface area contributed by atoms with Crippen LogP contribution in [0.3, 0.4) is 0 Å². The van der Waals surface area contributed by atoms with E-state index in [1.54, 1.807) is 13.8 Å². The molecule has 0 fully saturated rings. The lowest BCUT2D eigenvalue weighted by molar-refractivity contribution is -0.200. The fourth-order valence-electron chi connectivity index (χ4n) is 0.713. The first-order chi connectivity index (χ1) is 6.37. The van der Waals surface area contributed by atoms with Crippen LogP contribution in [0.15, 0.2) is 0 Å². The van der Waals surface area contributed by atoms with Gasteiger partial charge in [0.15, 0.2) is 6.29 Å². The van der Waals surface area contributed by atoms with Crippen molar-refractivity contribution >= 4 is 5.97 Å². The Kier molecular flexibility index (Phi) is 4.61. The number of methoxy groups -OCH3 is 1. The maximum atomic E-state index is 11.2. The van der Waals surface area contributed by atoms with E-state index >= 15 is 0 Å². The van der Waals surface area contributed by atoms with Crippen molar-refractivity contribution in [2.45, 2.75) is 32.7 Å². The third-order valence-corrected chi connectivity index (χ3v) is 1.78. The summed E-state index contributed by atoms with van der Waals surface area (Å²) in [4.78, 5) is 11.2. The van der Waals surface area contributed by atoms with E-state index in [0.29, 0.717) is 0 Å². The molecule has 2 unspecified atom stereocenters. The lowest BCUT2D eigenvalue weighted by atomic mass is 10.1. The van der Waals surface area contributed by atoms with Crippen LogP contribution in [0.25, 0.3) is 0 Å². The number of carbonyl (C=O) groups is 1. The van der Waals surface area contributed by atoms with Crippen LogP contribution in [0.4, 0.5) is 0 Å². The summed E-state index contributed by atoms with van der Waals surface area (Å²) in [7, 11) is 1.21. The Morgan fingerprint density at radius 3 is 2.36 bits per heavy atom. The highest BCUT2D eigenvalue weighted by atomic mass is 16.6. The van der Waals surface area contributed by atoms with Crippen LogP contribution in [-0.2, 0) is 14.3 Å². The highest BCUT2D eigenvalue weighted by molar-refractivity contribution is 5.82. The van der Waals surface area contributed by atoms with Crippen LogP contribution in [0.5, 0.6) is 0 Å². The zero-order valence-corrected chi connectivity index (χ0v) is 8.90. The highest BCUT2D eigenvalue weighted by Crippen LogP contribution is 2.16. The van der Waals surface area contributed by atoms with Gasteiger partial charge in [0.05, 0.1) is 7.11 Å². The first kappa shape index (κ1) is 12.9. The lowest BCUT2D eigenvalue weighted by Crippen LogP contribution is -2.42. The number of terminal acetylenes is 1. The number of aliphatic hydroxyl groups excluding tert-OH is 1. The Bertz CT molecular complexity index is 241. The van der Waals surface area contributed by atoms with Crippen LogP contribution < -0.4 is 0 Å². The number of hydrogen-bond donors (Lipinski definition) is 1. The minimum atomic E-state index is -1.53. The summed E-state index contributed by atoms with van der Waals surface area (Å²) in [5.41, 5.74) is -1.53. The average Bonchev–Trinajstić information content (AvgIpc) is 2.15.